The average molecular weight is 451 g/mol. The molecule has 0 aliphatic rings. The van der Waals surface area contributed by atoms with Crippen LogP contribution in [0, 0.1) is 5.82 Å². The number of esters is 2. The molecule has 7 nitrogen and oxygen atoms in total. The zero-order chi connectivity index (χ0) is 24.5. The minimum atomic E-state index is -0.863. The van der Waals surface area contributed by atoms with Gasteiger partial charge in [-0.2, -0.15) is 0 Å². The van der Waals surface area contributed by atoms with E-state index in [1.54, 1.807) is 20.8 Å². The standard InChI is InChI=1S/C22H29FN2O5.C2H6/c1-6-15-18(20(27)29-5)16(25-19(15)21(28)30-22(2,3)4)11-24-12-17(26)13-7-9-14(23)10-8-13;1-2/h7-10,17,24-26H,6,11-12H2,1-5H3;1-2H3. The van der Waals surface area contributed by atoms with Crippen LogP contribution >= 0.6 is 0 Å². The molecule has 1 atom stereocenters. The van der Waals surface area contributed by atoms with Crippen LogP contribution in [0.25, 0.3) is 0 Å². The van der Waals surface area contributed by atoms with Crippen molar-refractivity contribution in [3.63, 3.8) is 0 Å². The van der Waals surface area contributed by atoms with Crippen LogP contribution in [-0.4, -0.2) is 41.3 Å². The SMILES string of the molecule is CC.CCc1c(C(=O)OC(C)(C)C)[nH]c(CNCC(O)c2ccc(F)cc2)c1C(=O)OC. The van der Waals surface area contributed by atoms with Crippen LogP contribution in [0.1, 0.15) is 85.3 Å². The lowest BCUT2D eigenvalue weighted by Gasteiger charge is -2.19. The van der Waals surface area contributed by atoms with Gasteiger partial charge in [0.25, 0.3) is 0 Å². The Balaban J connectivity index is 0.00000249. The van der Waals surface area contributed by atoms with E-state index in [1.807, 2.05) is 20.8 Å². The molecule has 0 fully saturated rings. The molecule has 0 spiro atoms. The summed E-state index contributed by atoms with van der Waals surface area (Å²) in [6.07, 6.45) is -0.439. The number of methoxy groups -OCH3 is 1. The molecule has 2 rings (SSSR count). The second-order valence-corrected chi connectivity index (χ2v) is 7.88. The third kappa shape index (κ3) is 7.46. The molecule has 3 N–H and O–H groups in total. The highest BCUT2D eigenvalue weighted by Crippen LogP contribution is 2.24. The normalized spacial score (nSPS) is 11.9. The van der Waals surface area contributed by atoms with Crippen molar-refractivity contribution in [2.75, 3.05) is 13.7 Å². The number of nitrogens with one attached hydrogen (secondary N) is 2. The molecule has 0 saturated carbocycles. The first-order chi connectivity index (χ1) is 15.1. The number of hydrogen-bond acceptors (Lipinski definition) is 6. The van der Waals surface area contributed by atoms with Gasteiger partial charge in [0.15, 0.2) is 0 Å². The number of rotatable bonds is 8. The van der Waals surface area contributed by atoms with Gasteiger partial charge in [0.2, 0.25) is 0 Å². The molecule has 0 aliphatic heterocycles. The maximum atomic E-state index is 13.0. The van der Waals surface area contributed by atoms with Crippen molar-refractivity contribution in [1.82, 2.24) is 10.3 Å². The Morgan fingerprint density at radius 2 is 1.75 bits per heavy atom. The van der Waals surface area contributed by atoms with Crippen LogP contribution in [-0.2, 0) is 22.4 Å². The third-order valence-corrected chi connectivity index (χ3v) is 4.42. The Morgan fingerprint density at radius 3 is 2.25 bits per heavy atom. The van der Waals surface area contributed by atoms with Crippen molar-refractivity contribution >= 4 is 11.9 Å². The highest BCUT2D eigenvalue weighted by Gasteiger charge is 2.28. The van der Waals surface area contributed by atoms with Crippen LogP contribution in [0.3, 0.4) is 0 Å². The number of halogens is 1. The minimum absolute atomic E-state index is 0.161. The number of H-pyrrole nitrogens is 1. The number of aromatic amines is 1. The highest BCUT2D eigenvalue weighted by molar-refractivity contribution is 5.98. The fourth-order valence-electron chi connectivity index (χ4n) is 3.07. The van der Waals surface area contributed by atoms with Crippen LogP contribution in [0.5, 0.6) is 0 Å². The van der Waals surface area contributed by atoms with Crippen molar-refractivity contribution in [2.45, 2.75) is 66.2 Å². The van der Waals surface area contributed by atoms with E-state index in [1.165, 1.54) is 31.4 Å². The first-order valence-corrected chi connectivity index (χ1v) is 10.8. The molecule has 1 aromatic heterocycles. The Bertz CT molecular complexity index is 885. The van der Waals surface area contributed by atoms with Gasteiger partial charge < -0.3 is 24.9 Å². The second-order valence-electron chi connectivity index (χ2n) is 7.88. The average Bonchev–Trinajstić information content (AvgIpc) is 3.12. The Morgan fingerprint density at radius 1 is 1.16 bits per heavy atom. The first kappa shape index (κ1) is 27.3. The van der Waals surface area contributed by atoms with Gasteiger partial charge in [0, 0.05) is 18.8 Å². The van der Waals surface area contributed by atoms with Crippen molar-refractivity contribution in [2.24, 2.45) is 0 Å². The zero-order valence-corrected chi connectivity index (χ0v) is 20.0. The molecule has 2 aromatic rings. The van der Waals surface area contributed by atoms with Gasteiger partial charge in [-0.05, 0) is 50.5 Å². The van der Waals surface area contributed by atoms with Gasteiger partial charge in [-0.1, -0.05) is 32.9 Å². The van der Waals surface area contributed by atoms with Crippen LogP contribution < -0.4 is 5.32 Å². The molecular weight excluding hydrogens is 415 g/mol. The molecule has 0 aliphatic carbocycles. The molecule has 32 heavy (non-hydrogen) atoms. The van der Waals surface area contributed by atoms with E-state index in [-0.39, 0.29) is 30.2 Å². The summed E-state index contributed by atoms with van der Waals surface area (Å²) in [4.78, 5) is 28.0. The summed E-state index contributed by atoms with van der Waals surface area (Å²) in [7, 11) is 1.28. The Kier molecular flexibility index (Phi) is 10.6. The fourth-order valence-corrected chi connectivity index (χ4v) is 3.07. The minimum Gasteiger partial charge on any atom is -0.465 e. The molecule has 1 heterocycles. The van der Waals surface area contributed by atoms with E-state index < -0.39 is 23.6 Å². The predicted molar refractivity (Wildman–Crippen MR) is 121 cm³/mol. The summed E-state index contributed by atoms with van der Waals surface area (Å²) in [6.45, 7) is 11.5. The van der Waals surface area contributed by atoms with E-state index in [9.17, 15) is 19.1 Å². The lowest BCUT2D eigenvalue weighted by atomic mass is 10.1. The maximum absolute atomic E-state index is 13.0. The van der Waals surface area contributed by atoms with Crippen LogP contribution in [0.4, 0.5) is 4.39 Å². The number of aliphatic hydroxyl groups is 1. The summed E-state index contributed by atoms with van der Waals surface area (Å²) in [5.74, 6) is -1.49. The fraction of sp³-hybridized carbons (Fsp3) is 0.500. The van der Waals surface area contributed by atoms with Crippen LogP contribution in [0.2, 0.25) is 0 Å². The number of carbonyl (C=O) groups is 2. The molecule has 1 aromatic carbocycles. The number of carbonyl (C=O) groups excluding carboxylic acids is 2. The van der Waals surface area contributed by atoms with E-state index in [0.717, 1.165) is 0 Å². The van der Waals surface area contributed by atoms with Crippen molar-refractivity contribution < 1.29 is 28.6 Å². The van der Waals surface area contributed by atoms with Gasteiger partial charge in [0.05, 0.1) is 18.8 Å². The van der Waals surface area contributed by atoms with Crippen molar-refractivity contribution in [3.8, 4) is 0 Å². The monoisotopic (exact) mass is 450 g/mol. The zero-order valence-electron chi connectivity index (χ0n) is 20.0. The quantitative estimate of drug-likeness (QED) is 0.518. The van der Waals surface area contributed by atoms with E-state index in [2.05, 4.69) is 10.3 Å². The van der Waals surface area contributed by atoms with Crippen molar-refractivity contribution in [3.05, 3.63) is 58.2 Å². The molecule has 0 bridgehead atoms. The number of aromatic nitrogens is 1. The molecule has 0 radical (unpaired) electrons. The molecule has 8 heteroatoms. The number of aliphatic hydroxyl groups excluding tert-OH is 1. The summed E-state index contributed by atoms with van der Waals surface area (Å²) < 4.78 is 23.4. The lowest BCUT2D eigenvalue weighted by Crippen LogP contribution is -2.25. The van der Waals surface area contributed by atoms with Gasteiger partial charge in [-0.15, -0.1) is 0 Å². The second kappa shape index (κ2) is 12.4. The van der Waals surface area contributed by atoms with Crippen LogP contribution in [0.15, 0.2) is 24.3 Å². The van der Waals surface area contributed by atoms with Crippen molar-refractivity contribution in [1.29, 1.82) is 0 Å². The summed E-state index contributed by atoms with van der Waals surface area (Å²) in [5, 5.41) is 13.3. The summed E-state index contributed by atoms with van der Waals surface area (Å²) in [6, 6.07) is 5.57. The van der Waals surface area contributed by atoms with Gasteiger partial charge in [-0.25, -0.2) is 14.0 Å². The largest absolute Gasteiger partial charge is 0.465 e. The third-order valence-electron chi connectivity index (χ3n) is 4.42. The van der Waals surface area contributed by atoms with Gasteiger partial charge in [0.1, 0.15) is 17.1 Å². The molecular formula is C24H35FN2O5. The smallest absolute Gasteiger partial charge is 0.355 e. The summed E-state index contributed by atoms with van der Waals surface area (Å²) >= 11 is 0. The van der Waals surface area contributed by atoms with E-state index in [4.69, 9.17) is 9.47 Å². The maximum Gasteiger partial charge on any atom is 0.355 e. The number of benzene rings is 1. The molecule has 178 valence electrons. The topological polar surface area (TPSA) is 101 Å². The molecule has 0 saturated heterocycles. The van der Waals surface area contributed by atoms with E-state index >= 15 is 0 Å². The molecule has 0 amide bonds. The Hall–Kier alpha value is -2.71. The van der Waals surface area contributed by atoms with Gasteiger partial charge >= 0.3 is 11.9 Å². The predicted octanol–water partition coefficient (Wildman–Crippen LogP) is 4.31. The highest BCUT2D eigenvalue weighted by atomic mass is 19.1. The Labute approximate surface area is 189 Å². The molecule has 1 unspecified atom stereocenters. The van der Waals surface area contributed by atoms with Gasteiger partial charge in [-0.3, -0.25) is 0 Å². The number of hydrogen-bond donors (Lipinski definition) is 3. The summed E-state index contributed by atoms with van der Waals surface area (Å²) in [5.41, 5.74) is 1.36. The number of ether oxygens (including phenoxy) is 2. The first-order valence-electron chi connectivity index (χ1n) is 10.8. The lowest BCUT2D eigenvalue weighted by molar-refractivity contribution is 0.00621. The van der Waals surface area contributed by atoms with E-state index in [0.29, 0.717) is 23.2 Å².